The molecule has 6 heteroatoms. The predicted octanol–water partition coefficient (Wildman–Crippen LogP) is 2.10. The van der Waals surface area contributed by atoms with Gasteiger partial charge in [0.05, 0.1) is 0 Å². The van der Waals surface area contributed by atoms with Gasteiger partial charge in [-0.2, -0.15) is 4.31 Å². The SMILES string of the molecule is Cc1noc(C)c1S(=O)(=O)N1CCCC1C(C)C. The summed E-state index contributed by atoms with van der Waals surface area (Å²) in [5.41, 5.74) is 0.446. The molecule has 0 amide bonds. The zero-order valence-corrected chi connectivity index (χ0v) is 12.1. The van der Waals surface area contributed by atoms with E-state index in [0.29, 0.717) is 23.9 Å². The van der Waals surface area contributed by atoms with Crippen LogP contribution in [0.3, 0.4) is 0 Å². The quantitative estimate of drug-likeness (QED) is 0.845. The van der Waals surface area contributed by atoms with Crippen LogP contribution in [0, 0.1) is 19.8 Å². The van der Waals surface area contributed by atoms with Gasteiger partial charge < -0.3 is 4.52 Å². The number of rotatable bonds is 3. The van der Waals surface area contributed by atoms with E-state index in [1.54, 1.807) is 18.2 Å². The van der Waals surface area contributed by atoms with Crippen LogP contribution in [-0.2, 0) is 10.0 Å². The summed E-state index contributed by atoms with van der Waals surface area (Å²) in [6.07, 6.45) is 1.85. The lowest BCUT2D eigenvalue weighted by Gasteiger charge is -2.26. The topological polar surface area (TPSA) is 63.4 Å². The summed E-state index contributed by atoms with van der Waals surface area (Å²) in [5, 5.41) is 3.74. The summed E-state index contributed by atoms with van der Waals surface area (Å²) in [5.74, 6) is 0.699. The van der Waals surface area contributed by atoms with Crippen molar-refractivity contribution in [1.29, 1.82) is 0 Å². The summed E-state index contributed by atoms with van der Waals surface area (Å²) in [7, 11) is -3.47. The van der Waals surface area contributed by atoms with Gasteiger partial charge in [-0.15, -0.1) is 0 Å². The Morgan fingerprint density at radius 1 is 1.39 bits per heavy atom. The third-order valence-corrected chi connectivity index (χ3v) is 5.72. The van der Waals surface area contributed by atoms with Crippen LogP contribution in [0.5, 0.6) is 0 Å². The average Bonchev–Trinajstić information content (AvgIpc) is 2.85. The minimum atomic E-state index is -3.47. The lowest BCUT2D eigenvalue weighted by Crippen LogP contribution is -2.38. The summed E-state index contributed by atoms with van der Waals surface area (Å²) >= 11 is 0. The maximum atomic E-state index is 12.7. The monoisotopic (exact) mass is 272 g/mol. The van der Waals surface area contributed by atoms with Crippen molar-refractivity contribution in [2.24, 2.45) is 5.92 Å². The van der Waals surface area contributed by atoms with Gasteiger partial charge in [-0.3, -0.25) is 0 Å². The van der Waals surface area contributed by atoms with Gasteiger partial charge in [0.15, 0.2) is 5.76 Å². The zero-order valence-electron chi connectivity index (χ0n) is 11.3. The van der Waals surface area contributed by atoms with Crippen molar-refractivity contribution in [2.75, 3.05) is 6.54 Å². The number of hydrogen-bond acceptors (Lipinski definition) is 4. The smallest absolute Gasteiger partial charge is 0.248 e. The lowest BCUT2D eigenvalue weighted by molar-refractivity contribution is 0.315. The van der Waals surface area contributed by atoms with E-state index < -0.39 is 10.0 Å². The second-order valence-corrected chi connectivity index (χ2v) is 7.05. The van der Waals surface area contributed by atoms with Crippen molar-refractivity contribution in [3.05, 3.63) is 11.5 Å². The first-order valence-electron chi connectivity index (χ1n) is 6.30. The molecule has 0 bridgehead atoms. The highest BCUT2D eigenvalue weighted by Crippen LogP contribution is 2.32. The van der Waals surface area contributed by atoms with Crippen LogP contribution in [0.25, 0.3) is 0 Å². The van der Waals surface area contributed by atoms with Crippen molar-refractivity contribution in [3.8, 4) is 0 Å². The Morgan fingerprint density at radius 2 is 2.06 bits per heavy atom. The Labute approximate surface area is 108 Å². The van der Waals surface area contributed by atoms with Crippen molar-refractivity contribution in [2.45, 2.75) is 51.5 Å². The van der Waals surface area contributed by atoms with Gasteiger partial charge in [0.1, 0.15) is 10.6 Å². The van der Waals surface area contributed by atoms with Gasteiger partial charge in [-0.1, -0.05) is 19.0 Å². The van der Waals surface area contributed by atoms with Gasteiger partial charge in [-0.25, -0.2) is 8.42 Å². The van der Waals surface area contributed by atoms with Crippen LogP contribution in [0.15, 0.2) is 9.42 Å². The van der Waals surface area contributed by atoms with Gasteiger partial charge >= 0.3 is 0 Å². The molecule has 1 fully saturated rings. The zero-order chi connectivity index (χ0) is 13.5. The van der Waals surface area contributed by atoms with Crippen molar-refractivity contribution >= 4 is 10.0 Å². The lowest BCUT2D eigenvalue weighted by atomic mass is 10.0. The van der Waals surface area contributed by atoms with Gasteiger partial charge in [0.25, 0.3) is 0 Å². The molecule has 1 saturated heterocycles. The van der Waals surface area contributed by atoms with E-state index in [4.69, 9.17) is 4.52 Å². The fourth-order valence-corrected chi connectivity index (χ4v) is 4.81. The van der Waals surface area contributed by atoms with E-state index in [9.17, 15) is 8.42 Å². The number of aryl methyl sites for hydroxylation is 2. The molecule has 1 aromatic heterocycles. The third kappa shape index (κ3) is 2.07. The van der Waals surface area contributed by atoms with Gasteiger partial charge in [0, 0.05) is 12.6 Å². The highest BCUT2D eigenvalue weighted by atomic mass is 32.2. The van der Waals surface area contributed by atoms with E-state index in [-0.39, 0.29) is 10.9 Å². The highest BCUT2D eigenvalue weighted by molar-refractivity contribution is 7.89. The Morgan fingerprint density at radius 3 is 2.56 bits per heavy atom. The first-order chi connectivity index (χ1) is 8.35. The molecule has 0 N–H and O–H groups in total. The Bertz CT molecular complexity index is 514. The van der Waals surface area contributed by atoms with Crippen LogP contribution < -0.4 is 0 Å². The van der Waals surface area contributed by atoms with Crippen molar-refractivity contribution in [1.82, 2.24) is 9.46 Å². The molecule has 0 aliphatic carbocycles. The molecule has 2 rings (SSSR count). The highest BCUT2D eigenvalue weighted by Gasteiger charge is 2.39. The van der Waals surface area contributed by atoms with Crippen LogP contribution in [0.2, 0.25) is 0 Å². The molecule has 1 atom stereocenters. The Hall–Kier alpha value is -0.880. The standard InChI is InChI=1S/C12H20N2O3S/c1-8(2)11-6-5-7-14(11)18(15,16)12-9(3)13-17-10(12)4/h8,11H,5-7H2,1-4H3. The van der Waals surface area contributed by atoms with Crippen LogP contribution in [0.4, 0.5) is 0 Å². The molecule has 2 heterocycles. The van der Waals surface area contributed by atoms with E-state index in [1.807, 2.05) is 0 Å². The molecule has 0 spiro atoms. The van der Waals surface area contributed by atoms with E-state index in [2.05, 4.69) is 19.0 Å². The largest absolute Gasteiger partial charge is 0.360 e. The van der Waals surface area contributed by atoms with Gasteiger partial charge in [-0.05, 0) is 32.6 Å². The molecule has 1 aliphatic rings. The molecule has 1 unspecified atom stereocenters. The fraction of sp³-hybridized carbons (Fsp3) is 0.750. The molecule has 0 radical (unpaired) electrons. The Balaban J connectivity index is 2.43. The maximum Gasteiger partial charge on any atom is 0.248 e. The summed E-state index contributed by atoms with van der Waals surface area (Å²) in [6.45, 7) is 8.03. The van der Waals surface area contributed by atoms with Crippen LogP contribution >= 0.6 is 0 Å². The molecule has 5 nitrogen and oxygen atoms in total. The van der Waals surface area contributed by atoms with E-state index in [1.165, 1.54) is 0 Å². The minimum Gasteiger partial charge on any atom is -0.360 e. The van der Waals surface area contributed by atoms with E-state index >= 15 is 0 Å². The van der Waals surface area contributed by atoms with Crippen LogP contribution in [-0.4, -0.2) is 30.5 Å². The summed E-state index contributed by atoms with van der Waals surface area (Å²) in [6, 6.07) is 0.0868. The van der Waals surface area contributed by atoms with Crippen molar-refractivity contribution < 1.29 is 12.9 Å². The Kier molecular flexibility index (Phi) is 3.51. The third-order valence-electron chi connectivity index (χ3n) is 3.55. The fourth-order valence-electron chi connectivity index (χ4n) is 2.69. The number of hydrogen-bond donors (Lipinski definition) is 0. The normalized spacial score (nSPS) is 21.9. The van der Waals surface area contributed by atoms with Crippen LogP contribution in [0.1, 0.15) is 38.1 Å². The predicted molar refractivity (Wildman–Crippen MR) is 67.7 cm³/mol. The molecule has 102 valence electrons. The minimum absolute atomic E-state index is 0.0868. The first-order valence-corrected chi connectivity index (χ1v) is 7.74. The number of aromatic nitrogens is 1. The molecular weight excluding hydrogens is 252 g/mol. The maximum absolute atomic E-state index is 12.7. The summed E-state index contributed by atoms with van der Waals surface area (Å²) in [4.78, 5) is 0.245. The van der Waals surface area contributed by atoms with Gasteiger partial charge in [0.2, 0.25) is 10.0 Å². The molecule has 0 aromatic carbocycles. The molecule has 0 saturated carbocycles. The molecule has 18 heavy (non-hydrogen) atoms. The number of sulfonamides is 1. The number of nitrogens with zero attached hydrogens (tertiary/aromatic N) is 2. The second kappa shape index (κ2) is 4.66. The van der Waals surface area contributed by atoms with Crippen molar-refractivity contribution in [3.63, 3.8) is 0 Å². The molecule has 1 aliphatic heterocycles. The average molecular weight is 272 g/mol. The van der Waals surface area contributed by atoms with E-state index in [0.717, 1.165) is 12.8 Å². The summed E-state index contributed by atoms with van der Waals surface area (Å²) < 4.78 is 32.0. The second-order valence-electron chi connectivity index (χ2n) is 5.22. The molecule has 1 aromatic rings. The molecular formula is C12H20N2O3S. The first kappa shape index (κ1) is 13.5.